The molecule has 6 heteroatoms. The van der Waals surface area contributed by atoms with Crippen LogP contribution in [0, 0.1) is 0 Å². The first-order chi connectivity index (χ1) is 12.7. The standard InChI is InChI=1S/C20H23N5O/c1-3-25-19-17(13-22-25)16(20(26)24-10-9-21-12-14(24)2)11-18(23-19)15-7-5-4-6-8-15/h4-8,11,13-14,21H,3,9-10,12H2,1-2H3. The van der Waals surface area contributed by atoms with Crippen LogP contribution in [0.15, 0.2) is 42.6 Å². The Morgan fingerprint density at radius 2 is 2.12 bits per heavy atom. The Hall–Kier alpha value is -2.73. The molecule has 3 heterocycles. The number of fused-ring (bicyclic) bond motifs is 1. The van der Waals surface area contributed by atoms with E-state index in [-0.39, 0.29) is 11.9 Å². The van der Waals surface area contributed by atoms with Crippen LogP contribution >= 0.6 is 0 Å². The van der Waals surface area contributed by atoms with Crippen molar-refractivity contribution < 1.29 is 4.79 Å². The fraction of sp³-hybridized carbons (Fsp3) is 0.350. The maximum atomic E-state index is 13.3. The number of aromatic nitrogens is 3. The fourth-order valence-corrected chi connectivity index (χ4v) is 3.51. The van der Waals surface area contributed by atoms with E-state index in [9.17, 15) is 4.79 Å². The number of aryl methyl sites for hydroxylation is 1. The molecule has 4 rings (SSSR count). The van der Waals surface area contributed by atoms with Crippen LogP contribution in [0.2, 0.25) is 0 Å². The van der Waals surface area contributed by atoms with E-state index in [0.717, 1.165) is 35.4 Å². The Morgan fingerprint density at radius 3 is 2.85 bits per heavy atom. The summed E-state index contributed by atoms with van der Waals surface area (Å²) < 4.78 is 1.85. The quantitative estimate of drug-likeness (QED) is 0.789. The normalized spacial score (nSPS) is 17.6. The minimum atomic E-state index is 0.0548. The smallest absolute Gasteiger partial charge is 0.255 e. The molecule has 1 saturated heterocycles. The summed E-state index contributed by atoms with van der Waals surface area (Å²) in [6.45, 7) is 7.18. The van der Waals surface area contributed by atoms with Gasteiger partial charge in [0.1, 0.15) is 0 Å². The van der Waals surface area contributed by atoms with Gasteiger partial charge in [0.15, 0.2) is 5.65 Å². The predicted molar refractivity (Wildman–Crippen MR) is 102 cm³/mol. The molecule has 0 bridgehead atoms. The number of rotatable bonds is 3. The molecule has 1 aliphatic rings. The molecule has 0 saturated carbocycles. The van der Waals surface area contributed by atoms with Crippen molar-refractivity contribution in [2.45, 2.75) is 26.4 Å². The lowest BCUT2D eigenvalue weighted by molar-refractivity contribution is 0.0658. The molecule has 6 nitrogen and oxygen atoms in total. The highest BCUT2D eigenvalue weighted by molar-refractivity contribution is 6.06. The van der Waals surface area contributed by atoms with Crippen LogP contribution in [-0.4, -0.2) is 51.2 Å². The summed E-state index contributed by atoms with van der Waals surface area (Å²) in [7, 11) is 0. The second-order valence-electron chi connectivity index (χ2n) is 6.67. The lowest BCUT2D eigenvalue weighted by Gasteiger charge is -2.34. The predicted octanol–water partition coefficient (Wildman–Crippen LogP) is 2.55. The molecule has 1 unspecified atom stereocenters. The van der Waals surface area contributed by atoms with E-state index in [1.165, 1.54) is 0 Å². The van der Waals surface area contributed by atoms with Crippen LogP contribution in [0.1, 0.15) is 24.2 Å². The molecular formula is C20H23N5O. The summed E-state index contributed by atoms with van der Waals surface area (Å²) in [6.07, 6.45) is 1.76. The zero-order valence-corrected chi connectivity index (χ0v) is 15.1. The third-order valence-corrected chi connectivity index (χ3v) is 4.97. The van der Waals surface area contributed by atoms with E-state index in [1.807, 2.05) is 52.9 Å². The maximum Gasteiger partial charge on any atom is 0.255 e. The number of carbonyl (C=O) groups is 1. The first kappa shape index (κ1) is 16.7. The lowest BCUT2D eigenvalue weighted by Crippen LogP contribution is -2.52. The number of amides is 1. The summed E-state index contributed by atoms with van der Waals surface area (Å²) in [5, 5.41) is 8.58. The summed E-state index contributed by atoms with van der Waals surface area (Å²) in [6, 6.07) is 12.1. The molecule has 134 valence electrons. The van der Waals surface area contributed by atoms with Crippen LogP contribution in [0.3, 0.4) is 0 Å². The van der Waals surface area contributed by atoms with Crippen molar-refractivity contribution in [3.63, 3.8) is 0 Å². The highest BCUT2D eigenvalue weighted by Gasteiger charge is 2.27. The molecule has 26 heavy (non-hydrogen) atoms. The Bertz CT molecular complexity index is 934. The average molecular weight is 349 g/mol. The fourth-order valence-electron chi connectivity index (χ4n) is 3.51. The summed E-state index contributed by atoms with van der Waals surface area (Å²) >= 11 is 0. The number of hydrogen-bond donors (Lipinski definition) is 1. The summed E-state index contributed by atoms with van der Waals surface area (Å²) in [5.41, 5.74) is 3.25. The zero-order valence-electron chi connectivity index (χ0n) is 15.1. The van der Waals surface area contributed by atoms with Gasteiger partial charge in [-0.25, -0.2) is 9.67 Å². The van der Waals surface area contributed by atoms with Crippen molar-refractivity contribution in [2.24, 2.45) is 0 Å². The first-order valence-electron chi connectivity index (χ1n) is 9.12. The number of carbonyl (C=O) groups excluding carboxylic acids is 1. The van der Waals surface area contributed by atoms with E-state index in [2.05, 4.69) is 17.3 Å². The van der Waals surface area contributed by atoms with Crippen LogP contribution in [-0.2, 0) is 6.54 Å². The minimum absolute atomic E-state index is 0.0548. The Balaban J connectivity index is 1.87. The molecule has 0 radical (unpaired) electrons. The van der Waals surface area contributed by atoms with Gasteiger partial charge in [-0.3, -0.25) is 4.79 Å². The second kappa shape index (κ2) is 6.88. The zero-order chi connectivity index (χ0) is 18.1. The van der Waals surface area contributed by atoms with Crippen molar-refractivity contribution in [1.82, 2.24) is 25.0 Å². The van der Waals surface area contributed by atoms with Gasteiger partial charge in [-0.15, -0.1) is 0 Å². The number of pyridine rings is 1. The molecule has 1 fully saturated rings. The number of hydrogen-bond acceptors (Lipinski definition) is 4. The van der Waals surface area contributed by atoms with E-state index >= 15 is 0 Å². The Morgan fingerprint density at radius 1 is 1.31 bits per heavy atom. The lowest BCUT2D eigenvalue weighted by atomic mass is 10.0. The molecule has 1 N–H and O–H groups in total. The van der Waals surface area contributed by atoms with E-state index in [0.29, 0.717) is 18.7 Å². The summed E-state index contributed by atoms with van der Waals surface area (Å²) in [4.78, 5) is 20.1. The van der Waals surface area contributed by atoms with Gasteiger partial charge < -0.3 is 10.2 Å². The molecule has 1 aliphatic heterocycles. The largest absolute Gasteiger partial charge is 0.333 e. The highest BCUT2D eigenvalue weighted by atomic mass is 16.2. The van der Waals surface area contributed by atoms with Crippen molar-refractivity contribution >= 4 is 16.9 Å². The SMILES string of the molecule is CCn1ncc2c(C(=O)N3CCNCC3C)cc(-c3ccccc3)nc21. The van der Waals surface area contributed by atoms with Gasteiger partial charge in [0.2, 0.25) is 0 Å². The number of piperazine rings is 1. The van der Waals surface area contributed by atoms with Gasteiger partial charge in [-0.1, -0.05) is 30.3 Å². The maximum absolute atomic E-state index is 13.3. The Kier molecular flexibility index (Phi) is 4.42. The topological polar surface area (TPSA) is 63.1 Å². The van der Waals surface area contributed by atoms with Crippen molar-refractivity contribution in [2.75, 3.05) is 19.6 Å². The van der Waals surface area contributed by atoms with Gasteiger partial charge in [0.25, 0.3) is 5.91 Å². The van der Waals surface area contributed by atoms with Crippen molar-refractivity contribution in [1.29, 1.82) is 0 Å². The summed E-state index contributed by atoms with van der Waals surface area (Å²) in [5.74, 6) is 0.0548. The molecule has 1 atom stereocenters. The van der Waals surface area contributed by atoms with Crippen molar-refractivity contribution in [3.8, 4) is 11.3 Å². The molecule has 0 spiro atoms. The first-order valence-corrected chi connectivity index (χ1v) is 9.12. The number of nitrogens with one attached hydrogen (secondary N) is 1. The van der Waals surface area contributed by atoms with Crippen molar-refractivity contribution in [3.05, 3.63) is 48.2 Å². The average Bonchev–Trinajstić information content (AvgIpc) is 3.11. The van der Waals surface area contributed by atoms with Crippen LogP contribution in [0.25, 0.3) is 22.3 Å². The Labute approximate surface area is 152 Å². The molecule has 2 aromatic heterocycles. The third kappa shape index (κ3) is 2.86. The van der Waals surface area contributed by atoms with Gasteiger partial charge in [-0.05, 0) is 19.9 Å². The molecule has 1 amide bonds. The van der Waals surface area contributed by atoms with E-state index < -0.39 is 0 Å². The van der Waals surface area contributed by atoms with Crippen LogP contribution < -0.4 is 5.32 Å². The third-order valence-electron chi connectivity index (χ3n) is 4.97. The highest BCUT2D eigenvalue weighted by Crippen LogP contribution is 2.26. The monoisotopic (exact) mass is 349 g/mol. The number of benzene rings is 1. The molecule has 1 aromatic carbocycles. The minimum Gasteiger partial charge on any atom is -0.333 e. The van der Waals surface area contributed by atoms with Crippen LogP contribution in [0.4, 0.5) is 0 Å². The number of nitrogens with zero attached hydrogens (tertiary/aromatic N) is 4. The molecular weight excluding hydrogens is 326 g/mol. The van der Waals surface area contributed by atoms with Gasteiger partial charge in [0, 0.05) is 37.8 Å². The van der Waals surface area contributed by atoms with Gasteiger partial charge in [-0.2, -0.15) is 5.10 Å². The van der Waals surface area contributed by atoms with E-state index in [1.54, 1.807) is 6.20 Å². The van der Waals surface area contributed by atoms with E-state index in [4.69, 9.17) is 4.98 Å². The van der Waals surface area contributed by atoms with Gasteiger partial charge in [0.05, 0.1) is 22.8 Å². The van der Waals surface area contributed by atoms with Gasteiger partial charge >= 0.3 is 0 Å². The van der Waals surface area contributed by atoms with Crippen LogP contribution in [0.5, 0.6) is 0 Å². The molecule has 0 aliphatic carbocycles. The second-order valence-corrected chi connectivity index (χ2v) is 6.67. The molecule has 3 aromatic rings.